The number of fused-ring (bicyclic) bond motifs is 1. The monoisotopic (exact) mass is 429 g/mol. The second-order valence-electron chi connectivity index (χ2n) is 7.93. The van der Waals surface area contributed by atoms with Crippen LogP contribution >= 0.6 is 11.3 Å². The van der Waals surface area contributed by atoms with Gasteiger partial charge < -0.3 is 10.2 Å². The van der Waals surface area contributed by atoms with Crippen molar-refractivity contribution in [1.29, 1.82) is 0 Å². The van der Waals surface area contributed by atoms with Gasteiger partial charge in [0.2, 0.25) is 17.7 Å². The predicted octanol–water partition coefficient (Wildman–Crippen LogP) is 1.30. The number of rotatable bonds is 6. The highest BCUT2D eigenvalue weighted by Gasteiger charge is 2.30. The summed E-state index contributed by atoms with van der Waals surface area (Å²) in [6.45, 7) is 8.96. The van der Waals surface area contributed by atoms with Gasteiger partial charge in [-0.05, 0) is 25.0 Å². The molecular formula is C21H27N5O3S. The molecule has 3 heterocycles. The van der Waals surface area contributed by atoms with Crippen molar-refractivity contribution in [2.24, 2.45) is 0 Å². The number of hydrogen-bond acceptors (Lipinski definition) is 7. The minimum atomic E-state index is -0.280. The molecule has 0 radical (unpaired) electrons. The average Bonchev–Trinajstić information content (AvgIpc) is 3.32. The molecule has 2 saturated heterocycles. The van der Waals surface area contributed by atoms with Crippen LogP contribution in [0.1, 0.15) is 24.0 Å². The second kappa shape index (κ2) is 8.69. The van der Waals surface area contributed by atoms with Gasteiger partial charge in [0.05, 0.1) is 10.2 Å². The molecule has 2 aliphatic heterocycles. The summed E-state index contributed by atoms with van der Waals surface area (Å²) in [4.78, 5) is 45.8. The number of anilines is 1. The smallest absolute Gasteiger partial charge is 0.240 e. The van der Waals surface area contributed by atoms with Crippen LogP contribution in [0.25, 0.3) is 10.2 Å². The summed E-state index contributed by atoms with van der Waals surface area (Å²) >= 11 is 1.76. The van der Waals surface area contributed by atoms with Crippen LogP contribution in [0.2, 0.25) is 0 Å². The van der Waals surface area contributed by atoms with Gasteiger partial charge in [-0.3, -0.25) is 24.2 Å². The van der Waals surface area contributed by atoms with Gasteiger partial charge in [-0.2, -0.15) is 0 Å². The Hall–Kier alpha value is -2.52. The summed E-state index contributed by atoms with van der Waals surface area (Å²) in [5.74, 6) is -0.796. The van der Waals surface area contributed by atoms with E-state index in [4.69, 9.17) is 4.98 Å². The van der Waals surface area contributed by atoms with E-state index < -0.39 is 0 Å². The van der Waals surface area contributed by atoms with Gasteiger partial charge in [-0.25, -0.2) is 4.98 Å². The molecule has 2 aromatic rings. The van der Waals surface area contributed by atoms with E-state index in [-0.39, 0.29) is 37.1 Å². The SMILES string of the molecule is Cc1ccc(C)c2sc(N3CCN(CCNC(=O)CN4C(=O)CCC4=O)CC3)nc12. The van der Waals surface area contributed by atoms with Crippen molar-refractivity contribution in [2.45, 2.75) is 26.7 Å². The van der Waals surface area contributed by atoms with E-state index in [1.54, 1.807) is 11.3 Å². The maximum absolute atomic E-state index is 12.0. The van der Waals surface area contributed by atoms with Crippen LogP contribution in [-0.4, -0.2) is 78.3 Å². The lowest BCUT2D eigenvalue weighted by molar-refractivity contribution is -0.142. The number of thiazole rings is 1. The highest BCUT2D eigenvalue weighted by Crippen LogP contribution is 2.33. The molecule has 3 amide bonds. The van der Waals surface area contributed by atoms with E-state index in [1.807, 2.05) is 0 Å². The third-order valence-electron chi connectivity index (χ3n) is 5.78. The van der Waals surface area contributed by atoms with Gasteiger partial charge in [0.15, 0.2) is 5.13 Å². The van der Waals surface area contributed by atoms with Crippen molar-refractivity contribution in [3.05, 3.63) is 23.3 Å². The van der Waals surface area contributed by atoms with E-state index in [0.29, 0.717) is 6.54 Å². The highest BCUT2D eigenvalue weighted by molar-refractivity contribution is 7.22. The van der Waals surface area contributed by atoms with E-state index in [0.717, 1.165) is 48.3 Å². The number of piperazine rings is 1. The molecule has 1 N–H and O–H groups in total. The third-order valence-corrected chi connectivity index (χ3v) is 7.03. The number of benzene rings is 1. The quantitative estimate of drug-likeness (QED) is 0.697. The zero-order valence-electron chi connectivity index (χ0n) is 17.4. The van der Waals surface area contributed by atoms with Gasteiger partial charge >= 0.3 is 0 Å². The topological polar surface area (TPSA) is 85.9 Å². The van der Waals surface area contributed by atoms with Crippen molar-refractivity contribution in [3.63, 3.8) is 0 Å². The third kappa shape index (κ3) is 4.32. The number of carbonyl (C=O) groups is 3. The maximum atomic E-state index is 12.0. The van der Waals surface area contributed by atoms with Gasteiger partial charge in [0.1, 0.15) is 6.54 Å². The first kappa shape index (κ1) is 20.7. The maximum Gasteiger partial charge on any atom is 0.240 e. The number of amides is 3. The minimum absolute atomic E-state index is 0.165. The number of likely N-dealkylation sites (tertiary alicyclic amines) is 1. The van der Waals surface area contributed by atoms with Crippen LogP contribution in [-0.2, 0) is 14.4 Å². The van der Waals surface area contributed by atoms with E-state index in [1.165, 1.54) is 15.8 Å². The summed E-state index contributed by atoms with van der Waals surface area (Å²) < 4.78 is 1.27. The van der Waals surface area contributed by atoms with Crippen molar-refractivity contribution < 1.29 is 14.4 Å². The Bertz CT molecular complexity index is 925. The number of carbonyl (C=O) groups excluding carboxylic acids is 3. The van der Waals surface area contributed by atoms with Crippen LogP contribution in [0.5, 0.6) is 0 Å². The number of nitrogens with one attached hydrogen (secondary N) is 1. The largest absolute Gasteiger partial charge is 0.353 e. The Labute approximate surface area is 179 Å². The molecular weight excluding hydrogens is 402 g/mol. The van der Waals surface area contributed by atoms with Gasteiger partial charge in [0.25, 0.3) is 0 Å². The molecule has 2 fully saturated rings. The van der Waals surface area contributed by atoms with E-state index in [2.05, 4.69) is 41.1 Å². The molecule has 0 spiro atoms. The van der Waals surface area contributed by atoms with Gasteiger partial charge in [-0.15, -0.1) is 0 Å². The molecule has 1 aromatic carbocycles. The molecule has 0 aliphatic carbocycles. The first-order chi connectivity index (χ1) is 14.4. The lowest BCUT2D eigenvalue weighted by Crippen LogP contribution is -2.49. The zero-order chi connectivity index (χ0) is 21.3. The first-order valence-electron chi connectivity index (χ1n) is 10.4. The summed E-state index contributed by atoms with van der Waals surface area (Å²) in [7, 11) is 0. The van der Waals surface area contributed by atoms with Crippen LogP contribution in [0.3, 0.4) is 0 Å². The molecule has 160 valence electrons. The Morgan fingerprint density at radius 3 is 2.40 bits per heavy atom. The fraction of sp³-hybridized carbons (Fsp3) is 0.524. The Morgan fingerprint density at radius 2 is 1.73 bits per heavy atom. The van der Waals surface area contributed by atoms with Crippen molar-refractivity contribution in [2.75, 3.05) is 50.7 Å². The molecule has 0 saturated carbocycles. The number of hydrogen-bond donors (Lipinski definition) is 1. The fourth-order valence-electron chi connectivity index (χ4n) is 3.90. The lowest BCUT2D eigenvalue weighted by Gasteiger charge is -2.34. The number of aryl methyl sites for hydroxylation is 2. The Balaban J connectivity index is 1.23. The predicted molar refractivity (Wildman–Crippen MR) is 117 cm³/mol. The van der Waals surface area contributed by atoms with E-state index in [9.17, 15) is 14.4 Å². The number of nitrogens with zero attached hydrogens (tertiary/aromatic N) is 4. The average molecular weight is 430 g/mol. The van der Waals surface area contributed by atoms with Crippen molar-refractivity contribution >= 4 is 44.4 Å². The Morgan fingerprint density at radius 1 is 1.07 bits per heavy atom. The molecule has 0 atom stereocenters. The molecule has 30 heavy (non-hydrogen) atoms. The van der Waals surface area contributed by atoms with Crippen LogP contribution in [0.4, 0.5) is 5.13 Å². The molecule has 4 rings (SSSR count). The minimum Gasteiger partial charge on any atom is -0.353 e. The number of imide groups is 1. The van der Waals surface area contributed by atoms with Gasteiger partial charge in [-0.1, -0.05) is 23.5 Å². The molecule has 0 bridgehead atoms. The van der Waals surface area contributed by atoms with Crippen molar-refractivity contribution in [3.8, 4) is 0 Å². The molecule has 2 aliphatic rings. The fourth-order valence-corrected chi connectivity index (χ4v) is 5.06. The summed E-state index contributed by atoms with van der Waals surface area (Å²) in [5, 5.41) is 3.90. The van der Waals surface area contributed by atoms with E-state index >= 15 is 0 Å². The molecule has 0 unspecified atom stereocenters. The highest BCUT2D eigenvalue weighted by atomic mass is 32.1. The second-order valence-corrected chi connectivity index (χ2v) is 8.90. The first-order valence-corrected chi connectivity index (χ1v) is 11.2. The molecule has 9 heteroatoms. The Kier molecular flexibility index (Phi) is 6.01. The van der Waals surface area contributed by atoms with Crippen LogP contribution < -0.4 is 10.2 Å². The van der Waals surface area contributed by atoms with Crippen molar-refractivity contribution in [1.82, 2.24) is 20.1 Å². The van der Waals surface area contributed by atoms with Crippen LogP contribution in [0.15, 0.2) is 12.1 Å². The standard InChI is InChI=1S/C21H27N5O3S/c1-14-3-4-15(2)20-19(14)23-21(30-20)25-11-9-24(10-12-25)8-7-22-16(27)13-26-17(28)5-6-18(26)29/h3-4H,5-13H2,1-2H3,(H,22,27). The van der Waals surface area contributed by atoms with Crippen LogP contribution in [0, 0.1) is 13.8 Å². The molecule has 1 aromatic heterocycles. The van der Waals surface area contributed by atoms with Gasteiger partial charge in [0, 0.05) is 52.1 Å². The lowest BCUT2D eigenvalue weighted by atomic mass is 10.1. The summed E-state index contributed by atoms with van der Waals surface area (Å²) in [6.07, 6.45) is 0.425. The normalized spacial score (nSPS) is 17.9. The summed E-state index contributed by atoms with van der Waals surface area (Å²) in [5.41, 5.74) is 3.59. The molecule has 8 nitrogen and oxygen atoms in total. The number of aromatic nitrogens is 1. The summed E-state index contributed by atoms with van der Waals surface area (Å²) in [6, 6.07) is 4.28. The zero-order valence-corrected chi connectivity index (χ0v) is 18.3.